The molecule has 5 rings (SSSR count). The van der Waals surface area contributed by atoms with Gasteiger partial charge in [-0.1, -0.05) is 6.07 Å². The van der Waals surface area contributed by atoms with Crippen LogP contribution in [0.1, 0.15) is 22.7 Å². The van der Waals surface area contributed by atoms with E-state index in [0.717, 1.165) is 47.8 Å². The largest absolute Gasteiger partial charge is 0.493 e. The average Bonchev–Trinajstić information content (AvgIpc) is 3.16. The number of ether oxygens (including phenoxy) is 5. The predicted octanol–water partition coefficient (Wildman–Crippen LogP) is 2.85. The zero-order chi connectivity index (χ0) is 17.8. The molecule has 26 heavy (non-hydrogen) atoms. The fourth-order valence-electron chi connectivity index (χ4n) is 4.54. The third kappa shape index (κ3) is 1.90. The monoisotopic (exact) mass is 355 g/mol. The minimum Gasteiger partial charge on any atom is -0.493 e. The average molecular weight is 355 g/mol. The van der Waals surface area contributed by atoms with Crippen LogP contribution in [0, 0.1) is 0 Å². The molecule has 0 radical (unpaired) electrons. The zero-order valence-electron chi connectivity index (χ0n) is 15.1. The molecule has 2 aromatic rings. The zero-order valence-corrected chi connectivity index (χ0v) is 15.1. The second-order valence-corrected chi connectivity index (χ2v) is 6.66. The van der Waals surface area contributed by atoms with E-state index in [1.807, 2.05) is 6.07 Å². The molecule has 3 aliphatic rings. The molecule has 2 heterocycles. The summed E-state index contributed by atoms with van der Waals surface area (Å²) in [5.74, 6) is 3.68. The van der Waals surface area contributed by atoms with Crippen molar-refractivity contribution in [3.05, 3.63) is 28.8 Å². The van der Waals surface area contributed by atoms with Gasteiger partial charge >= 0.3 is 0 Å². The highest BCUT2D eigenvalue weighted by Gasteiger charge is 2.40. The van der Waals surface area contributed by atoms with Crippen LogP contribution >= 0.6 is 0 Å². The van der Waals surface area contributed by atoms with E-state index >= 15 is 0 Å². The van der Waals surface area contributed by atoms with Crippen LogP contribution in [0.3, 0.4) is 0 Å². The van der Waals surface area contributed by atoms with Crippen LogP contribution in [0.4, 0.5) is 0 Å². The number of rotatable bonds is 3. The topological polar surface area (TPSA) is 58.2 Å². The molecule has 136 valence electrons. The maximum atomic E-state index is 5.91. The quantitative estimate of drug-likeness (QED) is 0.914. The van der Waals surface area contributed by atoms with Gasteiger partial charge in [0, 0.05) is 22.7 Å². The third-order valence-electron chi connectivity index (χ3n) is 5.54. The molecule has 0 amide bonds. The molecule has 0 saturated heterocycles. The predicted molar refractivity (Wildman–Crippen MR) is 95.8 cm³/mol. The second kappa shape index (κ2) is 5.71. The molecule has 1 N–H and O–H groups in total. The van der Waals surface area contributed by atoms with E-state index < -0.39 is 0 Å². The molecule has 0 unspecified atom stereocenters. The Balaban J connectivity index is 1.91. The normalized spacial score (nSPS) is 18.8. The first kappa shape index (κ1) is 15.6. The van der Waals surface area contributed by atoms with E-state index in [9.17, 15) is 0 Å². The molecule has 6 nitrogen and oxygen atoms in total. The first-order valence-corrected chi connectivity index (χ1v) is 8.78. The van der Waals surface area contributed by atoms with Gasteiger partial charge in [-0.15, -0.1) is 0 Å². The van der Waals surface area contributed by atoms with Gasteiger partial charge in [0.25, 0.3) is 0 Å². The van der Waals surface area contributed by atoms with Gasteiger partial charge in [-0.05, 0) is 36.6 Å². The van der Waals surface area contributed by atoms with E-state index in [-0.39, 0.29) is 12.8 Å². The molecule has 0 spiro atoms. The summed E-state index contributed by atoms with van der Waals surface area (Å²) >= 11 is 0. The highest BCUT2D eigenvalue weighted by Crippen LogP contribution is 2.59. The Morgan fingerprint density at radius 2 is 1.77 bits per heavy atom. The first-order chi connectivity index (χ1) is 12.8. The Morgan fingerprint density at radius 1 is 0.962 bits per heavy atom. The summed E-state index contributed by atoms with van der Waals surface area (Å²) in [6, 6.07) is 4.30. The van der Waals surface area contributed by atoms with E-state index in [4.69, 9.17) is 23.7 Å². The van der Waals surface area contributed by atoms with Crippen LogP contribution in [0.25, 0.3) is 11.1 Å². The van der Waals surface area contributed by atoms with Crippen LogP contribution in [-0.2, 0) is 12.8 Å². The Bertz CT molecular complexity index is 908. The van der Waals surface area contributed by atoms with Gasteiger partial charge in [0.1, 0.15) is 0 Å². The molecule has 0 bridgehead atoms. The minimum absolute atomic E-state index is 0.196. The lowest BCUT2D eigenvalue weighted by molar-refractivity contribution is 0.171. The standard InChI is InChI=1S/C20H21NO5/c1-22-13-5-4-10-8-12-15-11(6-7-21-12)17(23-2)20-19(25-9-26-20)16(15)14(10)18(13)24-3/h4-5,12,21H,6-9H2,1-3H3/t12-/m0/s1. The molecule has 2 aliphatic heterocycles. The van der Waals surface area contributed by atoms with Gasteiger partial charge in [-0.2, -0.15) is 0 Å². The van der Waals surface area contributed by atoms with Crippen molar-refractivity contribution in [1.29, 1.82) is 0 Å². The van der Waals surface area contributed by atoms with Crippen molar-refractivity contribution in [2.45, 2.75) is 18.9 Å². The molecule has 0 fully saturated rings. The lowest BCUT2D eigenvalue weighted by atomic mass is 9.76. The van der Waals surface area contributed by atoms with Gasteiger partial charge in [0.05, 0.1) is 21.3 Å². The van der Waals surface area contributed by atoms with Crippen LogP contribution < -0.4 is 29.0 Å². The molecule has 1 aliphatic carbocycles. The molecule has 6 heteroatoms. The molecule has 1 atom stereocenters. The Morgan fingerprint density at radius 3 is 2.54 bits per heavy atom. The minimum atomic E-state index is 0.196. The van der Waals surface area contributed by atoms with Crippen molar-refractivity contribution in [1.82, 2.24) is 5.32 Å². The summed E-state index contributed by atoms with van der Waals surface area (Å²) < 4.78 is 28.7. The fourth-order valence-corrected chi connectivity index (χ4v) is 4.54. The Kier molecular flexibility index (Phi) is 3.43. The summed E-state index contributed by atoms with van der Waals surface area (Å²) in [6.45, 7) is 1.11. The van der Waals surface area contributed by atoms with E-state index in [2.05, 4.69) is 11.4 Å². The van der Waals surface area contributed by atoms with E-state index in [0.29, 0.717) is 11.5 Å². The summed E-state index contributed by atoms with van der Waals surface area (Å²) in [7, 11) is 5.03. The lowest BCUT2D eigenvalue weighted by Crippen LogP contribution is -2.34. The third-order valence-corrected chi connectivity index (χ3v) is 5.54. The number of fused-ring (bicyclic) bond motifs is 4. The highest BCUT2D eigenvalue weighted by atomic mass is 16.7. The van der Waals surface area contributed by atoms with Gasteiger partial charge in [0.15, 0.2) is 23.0 Å². The Labute approximate surface area is 152 Å². The number of hydrogen-bond acceptors (Lipinski definition) is 6. The second-order valence-electron chi connectivity index (χ2n) is 6.66. The maximum Gasteiger partial charge on any atom is 0.231 e. The van der Waals surface area contributed by atoms with Gasteiger partial charge < -0.3 is 29.0 Å². The number of nitrogens with one attached hydrogen (secondary N) is 1. The first-order valence-electron chi connectivity index (χ1n) is 8.78. The molecule has 0 saturated carbocycles. The number of benzene rings is 2. The van der Waals surface area contributed by atoms with Crippen LogP contribution in [0.5, 0.6) is 28.7 Å². The SMILES string of the molecule is COc1ccc2c(c1OC)-c1c3c(c(OC)c4c1[C@H](C2)NCC4)OCO3. The van der Waals surface area contributed by atoms with Crippen molar-refractivity contribution in [2.24, 2.45) is 0 Å². The van der Waals surface area contributed by atoms with Gasteiger partial charge in [0.2, 0.25) is 12.5 Å². The summed E-state index contributed by atoms with van der Waals surface area (Å²) in [5.41, 5.74) is 5.72. The van der Waals surface area contributed by atoms with Gasteiger partial charge in [-0.3, -0.25) is 0 Å². The van der Waals surface area contributed by atoms with Crippen LogP contribution in [0.15, 0.2) is 12.1 Å². The highest BCUT2D eigenvalue weighted by molar-refractivity contribution is 5.90. The molecular formula is C20H21NO5. The van der Waals surface area contributed by atoms with Crippen molar-refractivity contribution >= 4 is 0 Å². The lowest BCUT2D eigenvalue weighted by Gasteiger charge is -2.36. The summed E-state index contributed by atoms with van der Waals surface area (Å²) in [6.07, 6.45) is 1.78. The van der Waals surface area contributed by atoms with E-state index in [1.54, 1.807) is 21.3 Å². The van der Waals surface area contributed by atoms with E-state index in [1.165, 1.54) is 16.7 Å². The van der Waals surface area contributed by atoms with Crippen molar-refractivity contribution < 1.29 is 23.7 Å². The molecule has 2 aromatic carbocycles. The molecule has 0 aromatic heterocycles. The van der Waals surface area contributed by atoms with Crippen LogP contribution in [-0.4, -0.2) is 34.7 Å². The van der Waals surface area contributed by atoms with Crippen LogP contribution in [0.2, 0.25) is 0 Å². The summed E-state index contributed by atoms with van der Waals surface area (Å²) in [5, 5.41) is 3.64. The van der Waals surface area contributed by atoms with Crippen molar-refractivity contribution in [2.75, 3.05) is 34.7 Å². The summed E-state index contributed by atoms with van der Waals surface area (Å²) in [4.78, 5) is 0. The van der Waals surface area contributed by atoms with Crippen molar-refractivity contribution in [3.63, 3.8) is 0 Å². The molecular weight excluding hydrogens is 334 g/mol. The fraction of sp³-hybridized carbons (Fsp3) is 0.400. The van der Waals surface area contributed by atoms with Crippen molar-refractivity contribution in [3.8, 4) is 39.9 Å². The smallest absolute Gasteiger partial charge is 0.231 e. The number of methoxy groups -OCH3 is 3. The maximum absolute atomic E-state index is 5.91. The van der Waals surface area contributed by atoms with Gasteiger partial charge in [-0.25, -0.2) is 0 Å². The Hall–Kier alpha value is -2.60. The number of hydrogen-bond donors (Lipinski definition) is 1.